The van der Waals surface area contributed by atoms with Gasteiger partial charge in [0.05, 0.1) is 21.4 Å². The lowest BCUT2D eigenvalue weighted by atomic mass is 10.3. The van der Waals surface area contributed by atoms with Crippen LogP contribution in [0.25, 0.3) is 0 Å². The highest BCUT2D eigenvalue weighted by molar-refractivity contribution is 7.92. The van der Waals surface area contributed by atoms with Crippen molar-refractivity contribution in [3.8, 4) is 0 Å². The maximum Gasteiger partial charge on any atom is 0.263 e. The molecule has 2 aromatic rings. The summed E-state index contributed by atoms with van der Waals surface area (Å²) in [6, 6.07) is 7.21. The molecule has 0 atom stereocenters. The molecule has 9 heteroatoms. The summed E-state index contributed by atoms with van der Waals surface area (Å²) in [5.74, 6) is 0. The number of aromatic nitrogens is 1. The smallest absolute Gasteiger partial charge is 0.263 e. The average molecular weight is 362 g/mol. The Hall–Kier alpha value is -1.41. The third-order valence-corrected chi connectivity index (χ3v) is 4.79. The highest BCUT2D eigenvalue weighted by atomic mass is 35.5. The van der Waals surface area contributed by atoms with Crippen LogP contribution in [-0.2, 0) is 10.0 Å². The van der Waals surface area contributed by atoms with Crippen LogP contribution in [0.5, 0.6) is 0 Å². The number of sulfonamides is 1. The van der Waals surface area contributed by atoms with Crippen molar-refractivity contribution in [2.24, 2.45) is 5.73 Å². The van der Waals surface area contributed by atoms with Crippen LogP contribution in [0, 0.1) is 0 Å². The zero-order valence-electron chi connectivity index (χ0n) is 10.4. The first-order chi connectivity index (χ1) is 9.79. The topological polar surface area (TPSA) is 85.1 Å². The quantitative estimate of drug-likeness (QED) is 0.817. The zero-order chi connectivity index (χ0) is 15.6. The van der Waals surface area contributed by atoms with Crippen LogP contribution in [0.2, 0.25) is 10.0 Å². The first-order valence-electron chi connectivity index (χ1n) is 5.53. The number of hydrogen-bond acceptors (Lipinski definition) is 4. The molecule has 0 bridgehead atoms. The number of thiocarbonyl (C=S) groups is 1. The van der Waals surface area contributed by atoms with Crippen LogP contribution in [0.4, 0.5) is 5.69 Å². The van der Waals surface area contributed by atoms with Gasteiger partial charge >= 0.3 is 0 Å². The van der Waals surface area contributed by atoms with Gasteiger partial charge in [-0.2, -0.15) is 0 Å². The van der Waals surface area contributed by atoms with Crippen LogP contribution < -0.4 is 10.5 Å². The van der Waals surface area contributed by atoms with Gasteiger partial charge in [-0.05, 0) is 30.3 Å². The number of rotatable bonds is 4. The average Bonchev–Trinajstić information content (AvgIpc) is 2.43. The van der Waals surface area contributed by atoms with Crippen molar-refractivity contribution in [3.05, 3.63) is 52.3 Å². The van der Waals surface area contributed by atoms with E-state index < -0.39 is 10.0 Å². The predicted molar refractivity (Wildman–Crippen MR) is 87.4 cm³/mol. The largest absolute Gasteiger partial charge is 0.388 e. The zero-order valence-corrected chi connectivity index (χ0v) is 13.5. The first kappa shape index (κ1) is 16.0. The third-order valence-electron chi connectivity index (χ3n) is 2.47. The van der Waals surface area contributed by atoms with E-state index >= 15 is 0 Å². The summed E-state index contributed by atoms with van der Waals surface area (Å²) in [6.07, 6.45) is 1.17. The summed E-state index contributed by atoms with van der Waals surface area (Å²) >= 11 is 16.4. The maximum absolute atomic E-state index is 12.2. The minimum atomic E-state index is -3.78. The SMILES string of the molecule is NC(=S)c1ccc(S(=O)(=O)Nc2ccc(Cl)c(Cl)c2)cn1. The molecule has 0 aliphatic carbocycles. The summed E-state index contributed by atoms with van der Waals surface area (Å²) in [6.45, 7) is 0. The van der Waals surface area contributed by atoms with Crippen molar-refractivity contribution >= 4 is 56.1 Å². The van der Waals surface area contributed by atoms with Gasteiger partial charge in [0.25, 0.3) is 10.0 Å². The van der Waals surface area contributed by atoms with Gasteiger partial charge in [-0.25, -0.2) is 8.42 Å². The van der Waals surface area contributed by atoms with Crippen molar-refractivity contribution < 1.29 is 8.42 Å². The van der Waals surface area contributed by atoms with Crippen molar-refractivity contribution in [2.75, 3.05) is 4.72 Å². The minimum Gasteiger partial charge on any atom is -0.388 e. The number of anilines is 1. The van der Waals surface area contributed by atoms with E-state index in [1.165, 1.54) is 36.5 Å². The van der Waals surface area contributed by atoms with Crippen molar-refractivity contribution in [3.63, 3.8) is 0 Å². The van der Waals surface area contributed by atoms with E-state index in [0.717, 1.165) is 0 Å². The number of pyridine rings is 1. The second kappa shape index (κ2) is 6.15. The molecule has 1 heterocycles. The molecule has 0 saturated carbocycles. The Bertz CT molecular complexity index is 793. The van der Waals surface area contributed by atoms with E-state index in [2.05, 4.69) is 9.71 Å². The van der Waals surface area contributed by atoms with E-state index in [1.54, 1.807) is 0 Å². The van der Waals surface area contributed by atoms with E-state index in [9.17, 15) is 8.42 Å². The lowest BCUT2D eigenvalue weighted by Gasteiger charge is -2.09. The van der Waals surface area contributed by atoms with Gasteiger partial charge in [0.1, 0.15) is 9.88 Å². The highest BCUT2D eigenvalue weighted by Gasteiger charge is 2.15. The van der Waals surface area contributed by atoms with Crippen molar-refractivity contribution in [2.45, 2.75) is 4.90 Å². The fraction of sp³-hybridized carbons (Fsp3) is 0. The van der Waals surface area contributed by atoms with Gasteiger partial charge in [0.2, 0.25) is 0 Å². The molecule has 0 saturated heterocycles. The Morgan fingerprint density at radius 2 is 1.90 bits per heavy atom. The number of hydrogen-bond donors (Lipinski definition) is 2. The normalized spacial score (nSPS) is 11.1. The number of halogens is 2. The van der Waals surface area contributed by atoms with Gasteiger partial charge in [-0.3, -0.25) is 9.71 Å². The van der Waals surface area contributed by atoms with Crippen LogP contribution in [0.3, 0.4) is 0 Å². The highest BCUT2D eigenvalue weighted by Crippen LogP contribution is 2.26. The minimum absolute atomic E-state index is 0.0198. The van der Waals surface area contributed by atoms with Gasteiger partial charge in [-0.1, -0.05) is 35.4 Å². The Balaban J connectivity index is 2.29. The molecule has 21 heavy (non-hydrogen) atoms. The monoisotopic (exact) mass is 361 g/mol. The Morgan fingerprint density at radius 3 is 2.43 bits per heavy atom. The Labute approximate surface area is 137 Å². The third kappa shape index (κ3) is 3.82. The van der Waals surface area contributed by atoms with Crippen LogP contribution in [0.15, 0.2) is 41.4 Å². The first-order valence-corrected chi connectivity index (χ1v) is 8.18. The van der Waals surface area contributed by atoms with E-state index in [1.807, 2.05) is 0 Å². The molecule has 0 spiro atoms. The van der Waals surface area contributed by atoms with Crippen LogP contribution in [0.1, 0.15) is 5.69 Å². The summed E-state index contributed by atoms with van der Waals surface area (Å²) < 4.78 is 26.8. The number of benzene rings is 1. The van der Waals surface area contributed by atoms with Crippen LogP contribution >= 0.6 is 35.4 Å². The van der Waals surface area contributed by atoms with E-state index in [0.29, 0.717) is 16.4 Å². The predicted octanol–water partition coefficient (Wildman–Crippen LogP) is 2.82. The molecule has 110 valence electrons. The summed E-state index contributed by atoms with van der Waals surface area (Å²) in [4.78, 5) is 3.96. The molecule has 1 aromatic heterocycles. The van der Waals surface area contributed by atoms with E-state index in [-0.39, 0.29) is 14.9 Å². The Morgan fingerprint density at radius 1 is 1.19 bits per heavy atom. The number of nitrogens with zero attached hydrogens (tertiary/aromatic N) is 1. The molecule has 0 aliphatic rings. The second-order valence-corrected chi connectivity index (χ2v) is 6.91. The van der Waals surface area contributed by atoms with E-state index in [4.69, 9.17) is 41.2 Å². The summed E-state index contributed by atoms with van der Waals surface area (Å²) in [5, 5.41) is 0.584. The number of nitrogens with one attached hydrogen (secondary N) is 1. The molecular weight excluding hydrogens is 353 g/mol. The molecule has 0 fully saturated rings. The molecule has 1 aromatic carbocycles. The van der Waals surface area contributed by atoms with Gasteiger partial charge < -0.3 is 5.73 Å². The fourth-order valence-corrected chi connectivity index (χ4v) is 2.87. The van der Waals surface area contributed by atoms with Crippen molar-refractivity contribution in [1.82, 2.24) is 4.98 Å². The Kier molecular flexibility index (Phi) is 4.67. The van der Waals surface area contributed by atoms with Gasteiger partial charge in [-0.15, -0.1) is 0 Å². The van der Waals surface area contributed by atoms with Gasteiger partial charge in [0.15, 0.2) is 0 Å². The van der Waals surface area contributed by atoms with Crippen LogP contribution in [-0.4, -0.2) is 18.4 Å². The second-order valence-electron chi connectivity index (χ2n) is 3.98. The maximum atomic E-state index is 12.2. The fourth-order valence-electron chi connectivity index (χ4n) is 1.46. The lowest BCUT2D eigenvalue weighted by molar-refractivity contribution is 0.601. The number of nitrogens with two attached hydrogens (primary N) is 1. The molecule has 0 amide bonds. The summed E-state index contributed by atoms with van der Waals surface area (Å²) in [5.41, 5.74) is 6.04. The lowest BCUT2D eigenvalue weighted by Crippen LogP contribution is -2.15. The standard InChI is InChI=1S/C12H9Cl2N3O2S2/c13-9-3-1-7(5-10(9)14)17-21(18,19)8-2-4-11(12(15)20)16-6-8/h1-6,17H,(H2,15,20). The summed E-state index contributed by atoms with van der Waals surface area (Å²) in [7, 11) is -3.78. The molecule has 0 aliphatic heterocycles. The molecule has 3 N–H and O–H groups in total. The molecule has 2 rings (SSSR count). The molecule has 0 radical (unpaired) electrons. The van der Waals surface area contributed by atoms with Crippen molar-refractivity contribution in [1.29, 1.82) is 0 Å². The molecule has 0 unspecified atom stereocenters. The van der Waals surface area contributed by atoms with Gasteiger partial charge in [0, 0.05) is 6.20 Å². The molecule has 5 nitrogen and oxygen atoms in total. The molecular formula is C12H9Cl2N3O2S2.